The Kier molecular flexibility index (Phi) is 4.96. The van der Waals surface area contributed by atoms with Gasteiger partial charge in [0.25, 0.3) is 0 Å². The molecular weight excluding hydrogens is 377 g/mol. The molecule has 0 radical (unpaired) electrons. The highest BCUT2D eigenvalue weighted by atomic mass is 19.1. The van der Waals surface area contributed by atoms with Crippen molar-refractivity contribution in [3.63, 3.8) is 0 Å². The number of rotatable bonds is 6. The molecule has 1 saturated carbocycles. The van der Waals surface area contributed by atoms with E-state index in [1.54, 1.807) is 12.1 Å². The highest BCUT2D eigenvalue weighted by Gasteiger charge is 2.30. The lowest BCUT2D eigenvalue weighted by Crippen LogP contribution is -2.17. The lowest BCUT2D eigenvalue weighted by atomic mass is 10.1. The van der Waals surface area contributed by atoms with Gasteiger partial charge < -0.3 is 18.8 Å². The van der Waals surface area contributed by atoms with Crippen molar-refractivity contribution in [3.8, 4) is 11.5 Å². The maximum absolute atomic E-state index is 12.9. The first-order valence-corrected chi connectivity index (χ1v) is 9.30. The first-order valence-electron chi connectivity index (χ1n) is 9.30. The molecule has 1 aliphatic rings. The normalized spacial score (nSPS) is 13.3. The number of carbonyl (C=O) groups is 2. The topological polar surface area (TPSA) is 66.8 Å². The number of halogens is 1. The minimum Gasteiger partial charge on any atom is -0.482 e. The smallest absolute Gasteiger partial charge is 0.349 e. The average molecular weight is 397 g/mol. The zero-order valence-corrected chi connectivity index (χ0v) is 16.1. The van der Waals surface area contributed by atoms with E-state index in [9.17, 15) is 14.0 Å². The van der Waals surface area contributed by atoms with Crippen molar-refractivity contribution < 1.29 is 28.2 Å². The summed E-state index contributed by atoms with van der Waals surface area (Å²) in [6.45, 7) is 1.57. The fraction of sp³-hybridized carbons (Fsp3) is 0.273. The fourth-order valence-corrected chi connectivity index (χ4v) is 3.48. The third kappa shape index (κ3) is 3.81. The molecule has 0 spiro atoms. The minimum atomic E-state index is -0.605. The number of esters is 2. The number of ether oxygens (including phenoxy) is 3. The van der Waals surface area contributed by atoms with Crippen LogP contribution < -0.4 is 9.47 Å². The van der Waals surface area contributed by atoms with Crippen LogP contribution in [0, 0.1) is 12.7 Å². The van der Waals surface area contributed by atoms with Crippen molar-refractivity contribution in [2.45, 2.75) is 25.8 Å². The first kappa shape index (κ1) is 19.0. The van der Waals surface area contributed by atoms with Crippen LogP contribution in [-0.4, -0.2) is 30.2 Å². The molecule has 1 fully saturated rings. The Balaban J connectivity index is 1.55. The number of hydrogen-bond donors (Lipinski definition) is 0. The van der Waals surface area contributed by atoms with Gasteiger partial charge in [-0.05, 0) is 62.2 Å². The fourth-order valence-electron chi connectivity index (χ4n) is 3.48. The summed E-state index contributed by atoms with van der Waals surface area (Å²) >= 11 is 0. The van der Waals surface area contributed by atoms with Crippen LogP contribution in [0.4, 0.5) is 4.39 Å². The third-order valence-corrected chi connectivity index (χ3v) is 4.92. The van der Waals surface area contributed by atoms with Crippen LogP contribution in [0.3, 0.4) is 0 Å². The Morgan fingerprint density at radius 1 is 1.10 bits per heavy atom. The number of methoxy groups -OCH3 is 1. The van der Waals surface area contributed by atoms with Crippen LogP contribution in [0.15, 0.2) is 42.5 Å². The zero-order valence-electron chi connectivity index (χ0n) is 16.1. The molecule has 6 nitrogen and oxygen atoms in total. The highest BCUT2D eigenvalue weighted by molar-refractivity contribution is 6.06. The molecule has 2 aromatic carbocycles. The monoisotopic (exact) mass is 397 g/mol. The Bertz CT molecular complexity index is 1080. The van der Waals surface area contributed by atoms with E-state index in [0.717, 1.165) is 24.1 Å². The van der Waals surface area contributed by atoms with Crippen molar-refractivity contribution in [2.75, 3.05) is 13.7 Å². The highest BCUT2D eigenvalue weighted by Crippen LogP contribution is 2.42. The van der Waals surface area contributed by atoms with Crippen molar-refractivity contribution in [1.82, 2.24) is 4.57 Å². The van der Waals surface area contributed by atoms with E-state index < -0.39 is 11.9 Å². The SMILES string of the molecule is COC(=O)c1c(C)n(C2CC2)c2ccc(OC(=O)COc3ccc(F)cc3)cc12. The molecule has 3 aromatic rings. The van der Waals surface area contributed by atoms with Gasteiger partial charge in [0.05, 0.1) is 12.7 Å². The summed E-state index contributed by atoms with van der Waals surface area (Å²) in [5.74, 6) is -0.739. The molecule has 1 aliphatic carbocycles. The molecule has 29 heavy (non-hydrogen) atoms. The number of fused-ring (bicyclic) bond motifs is 1. The molecule has 0 aliphatic heterocycles. The minimum absolute atomic E-state index is 0.309. The van der Waals surface area contributed by atoms with Gasteiger partial charge in [0, 0.05) is 22.6 Å². The summed E-state index contributed by atoms with van der Waals surface area (Å²) in [5.41, 5.74) is 2.24. The van der Waals surface area contributed by atoms with Gasteiger partial charge in [-0.2, -0.15) is 0 Å². The van der Waals surface area contributed by atoms with Gasteiger partial charge in [-0.1, -0.05) is 0 Å². The first-order chi connectivity index (χ1) is 14.0. The van der Waals surface area contributed by atoms with Crippen LogP contribution >= 0.6 is 0 Å². The van der Waals surface area contributed by atoms with Crippen molar-refractivity contribution in [3.05, 3.63) is 59.5 Å². The summed E-state index contributed by atoms with van der Waals surface area (Å²) in [5, 5.41) is 0.686. The van der Waals surface area contributed by atoms with E-state index in [0.29, 0.717) is 28.5 Å². The largest absolute Gasteiger partial charge is 0.482 e. The van der Waals surface area contributed by atoms with Crippen LogP contribution in [0.25, 0.3) is 10.9 Å². The van der Waals surface area contributed by atoms with Gasteiger partial charge in [0.1, 0.15) is 17.3 Å². The Morgan fingerprint density at radius 2 is 1.79 bits per heavy atom. The Morgan fingerprint density at radius 3 is 2.45 bits per heavy atom. The Labute approximate surface area is 166 Å². The van der Waals surface area contributed by atoms with Crippen LogP contribution in [-0.2, 0) is 9.53 Å². The van der Waals surface area contributed by atoms with Crippen molar-refractivity contribution in [1.29, 1.82) is 0 Å². The van der Waals surface area contributed by atoms with Gasteiger partial charge in [-0.15, -0.1) is 0 Å². The van der Waals surface area contributed by atoms with Gasteiger partial charge in [-0.25, -0.2) is 14.0 Å². The van der Waals surface area contributed by atoms with Gasteiger partial charge in [0.2, 0.25) is 0 Å². The zero-order chi connectivity index (χ0) is 20.5. The van der Waals surface area contributed by atoms with E-state index in [1.807, 2.05) is 13.0 Å². The predicted octanol–water partition coefficient (Wildman–Crippen LogP) is 4.19. The Hall–Kier alpha value is -3.35. The summed E-state index contributed by atoms with van der Waals surface area (Å²) in [6, 6.07) is 10.9. The second kappa shape index (κ2) is 7.58. The van der Waals surface area contributed by atoms with Crippen molar-refractivity contribution >= 4 is 22.8 Å². The molecule has 0 amide bonds. The molecular formula is C22H20FNO5. The molecule has 0 unspecified atom stereocenters. The number of aromatic nitrogens is 1. The average Bonchev–Trinajstić information content (AvgIpc) is 3.50. The molecule has 0 atom stereocenters. The summed E-state index contributed by atoms with van der Waals surface area (Å²) in [6.07, 6.45) is 2.14. The number of nitrogens with zero attached hydrogens (tertiary/aromatic N) is 1. The second-order valence-electron chi connectivity index (χ2n) is 6.95. The van der Waals surface area contributed by atoms with Gasteiger partial charge >= 0.3 is 11.9 Å². The number of benzene rings is 2. The maximum atomic E-state index is 12.9. The number of hydrogen-bond acceptors (Lipinski definition) is 5. The van der Waals surface area contributed by atoms with E-state index >= 15 is 0 Å². The molecule has 1 heterocycles. The maximum Gasteiger partial charge on any atom is 0.349 e. The lowest BCUT2D eigenvalue weighted by Gasteiger charge is -2.08. The number of carbonyl (C=O) groups excluding carboxylic acids is 2. The quantitative estimate of drug-likeness (QED) is 0.461. The predicted molar refractivity (Wildman–Crippen MR) is 104 cm³/mol. The van der Waals surface area contributed by atoms with E-state index in [1.165, 1.54) is 31.4 Å². The summed E-state index contributed by atoms with van der Waals surface area (Å²) in [4.78, 5) is 24.5. The molecule has 0 N–H and O–H groups in total. The van der Waals surface area contributed by atoms with Gasteiger partial charge in [0.15, 0.2) is 6.61 Å². The summed E-state index contributed by atoms with van der Waals surface area (Å²) in [7, 11) is 1.35. The third-order valence-electron chi connectivity index (χ3n) is 4.92. The molecule has 4 rings (SSSR count). The van der Waals surface area contributed by atoms with E-state index in [2.05, 4.69) is 4.57 Å². The molecule has 1 aromatic heterocycles. The van der Waals surface area contributed by atoms with Crippen molar-refractivity contribution in [2.24, 2.45) is 0 Å². The second-order valence-corrected chi connectivity index (χ2v) is 6.95. The van der Waals surface area contributed by atoms with E-state index in [4.69, 9.17) is 14.2 Å². The molecule has 0 saturated heterocycles. The van der Waals surface area contributed by atoms with Crippen LogP contribution in [0.1, 0.15) is 34.9 Å². The van der Waals surface area contributed by atoms with Gasteiger partial charge in [-0.3, -0.25) is 0 Å². The molecule has 7 heteroatoms. The molecule has 0 bridgehead atoms. The van der Waals surface area contributed by atoms with E-state index in [-0.39, 0.29) is 12.4 Å². The van der Waals surface area contributed by atoms with Crippen LogP contribution in [0.5, 0.6) is 11.5 Å². The molecule has 150 valence electrons. The standard InChI is InChI=1S/C22H20FNO5/c1-13-21(22(26)27-2)18-11-17(9-10-19(18)24(13)15-5-6-15)29-20(25)12-28-16-7-3-14(23)4-8-16/h3-4,7-11,15H,5-6,12H2,1-2H3. The van der Waals surface area contributed by atoms with Crippen LogP contribution in [0.2, 0.25) is 0 Å². The lowest BCUT2D eigenvalue weighted by molar-refractivity contribution is -0.136. The summed E-state index contributed by atoms with van der Waals surface area (Å²) < 4.78 is 30.7.